The second-order valence-electron chi connectivity index (χ2n) is 0.801. The van der Waals surface area contributed by atoms with Gasteiger partial charge in [-0.2, -0.15) is 0 Å². The molecule has 0 aliphatic rings. The Hall–Kier alpha value is 1.18. The molecule has 0 saturated carbocycles. The van der Waals surface area contributed by atoms with E-state index in [0.29, 0.717) is 6.42 Å². The molecule has 0 spiro atoms. The Morgan fingerprint density at radius 2 is 1.50 bits per heavy atom. The Kier molecular flexibility index (Phi) is 16.2. The fraction of sp³-hybridized carbons (Fsp3) is 1.00. The molecule has 2 N–H and O–H groups in total. The van der Waals surface area contributed by atoms with Crippen molar-refractivity contribution in [3.05, 3.63) is 0 Å². The predicted octanol–water partition coefficient (Wildman–Crippen LogP) is -0.795. The van der Waals surface area contributed by atoms with E-state index >= 15 is 0 Å². The van der Waals surface area contributed by atoms with Crippen molar-refractivity contribution in [1.82, 2.24) is 0 Å². The molecule has 36 valence electrons. The van der Waals surface area contributed by atoms with Gasteiger partial charge in [0, 0.05) is 13.2 Å². The summed E-state index contributed by atoms with van der Waals surface area (Å²) >= 11 is 0. The van der Waals surface area contributed by atoms with Crippen LogP contribution in [0.25, 0.3) is 0 Å². The zero-order valence-electron chi connectivity index (χ0n) is 5.72. The molecular weight excluding hydrogens is 108 g/mol. The molecule has 0 aromatic rings. The van der Waals surface area contributed by atoms with Crippen LogP contribution in [0, 0.1) is 0 Å². The van der Waals surface area contributed by atoms with E-state index in [0.717, 1.165) is 0 Å². The number of hydrogen-bond donors (Lipinski definition) is 2. The molecule has 0 fully saturated rings. The zero-order chi connectivity index (χ0) is 4.12. The van der Waals surface area contributed by atoms with E-state index in [1.807, 2.05) is 0 Å². The van der Waals surface area contributed by atoms with Crippen LogP contribution in [0.1, 0.15) is 9.27 Å². The summed E-state index contributed by atoms with van der Waals surface area (Å²) < 4.78 is 0. The van der Waals surface area contributed by atoms with Gasteiger partial charge in [-0.15, -0.1) is 0 Å². The summed E-state index contributed by atoms with van der Waals surface area (Å²) in [4.78, 5) is 0. The molecule has 0 amide bonds. The minimum atomic E-state index is 0. The van der Waals surface area contributed by atoms with Crippen LogP contribution in [-0.4, -0.2) is 61.2 Å². The van der Waals surface area contributed by atoms with Gasteiger partial charge in [0.2, 0.25) is 0 Å². The monoisotopic (exact) mass is 118 g/mol. The molecule has 0 bridgehead atoms. The summed E-state index contributed by atoms with van der Waals surface area (Å²) in [6, 6.07) is 0. The number of rotatable bonds is 2. The molecule has 0 aliphatic carbocycles. The van der Waals surface area contributed by atoms with Gasteiger partial charge in [-0.05, 0) is 6.42 Å². The minimum absolute atomic E-state index is 0. The quantitative estimate of drug-likeness (QED) is 0.466. The maximum absolute atomic E-state index is 7.91. The fourth-order valence-corrected chi connectivity index (χ4v) is 0.0707. The third-order valence-electron chi connectivity index (χ3n) is 0.316. The minimum Gasteiger partial charge on any atom is -1.00 e. The molecular formula is C3H10CaO2. The maximum atomic E-state index is 7.91. The molecule has 0 aliphatic heterocycles. The second-order valence-corrected chi connectivity index (χ2v) is 0.801. The van der Waals surface area contributed by atoms with Gasteiger partial charge in [0.25, 0.3) is 0 Å². The maximum Gasteiger partial charge on any atom is 2.00 e. The zero-order valence-corrected chi connectivity index (χ0v) is 5.93. The largest absolute Gasteiger partial charge is 2.00 e. The Morgan fingerprint density at radius 1 is 1.17 bits per heavy atom. The fourth-order valence-electron chi connectivity index (χ4n) is 0.0707. The van der Waals surface area contributed by atoms with Crippen molar-refractivity contribution in [1.29, 1.82) is 0 Å². The first kappa shape index (κ1) is 10.2. The summed E-state index contributed by atoms with van der Waals surface area (Å²) in [5.41, 5.74) is 0. The van der Waals surface area contributed by atoms with E-state index < -0.39 is 0 Å². The smallest absolute Gasteiger partial charge is 1.00 e. The Bertz CT molecular complexity index is 22.8. The average molecular weight is 118 g/mol. The van der Waals surface area contributed by atoms with E-state index in [4.69, 9.17) is 10.2 Å². The summed E-state index contributed by atoms with van der Waals surface area (Å²) in [6.07, 6.45) is 0.500. The predicted molar refractivity (Wildman–Crippen MR) is 26.8 cm³/mol. The Labute approximate surface area is 70.1 Å². The first-order chi connectivity index (χ1) is 2.41. The van der Waals surface area contributed by atoms with Gasteiger partial charge in [0.15, 0.2) is 0 Å². The Morgan fingerprint density at radius 3 is 1.50 bits per heavy atom. The van der Waals surface area contributed by atoms with Gasteiger partial charge in [-0.1, -0.05) is 0 Å². The van der Waals surface area contributed by atoms with E-state index in [2.05, 4.69) is 0 Å². The van der Waals surface area contributed by atoms with E-state index in [1.165, 1.54) is 0 Å². The molecule has 0 radical (unpaired) electrons. The third kappa shape index (κ3) is 8.95. The van der Waals surface area contributed by atoms with Gasteiger partial charge in [0.1, 0.15) is 0 Å². The van der Waals surface area contributed by atoms with Crippen molar-refractivity contribution < 1.29 is 13.1 Å². The van der Waals surface area contributed by atoms with Crippen molar-refractivity contribution in [2.45, 2.75) is 6.42 Å². The van der Waals surface area contributed by atoms with E-state index in [9.17, 15) is 0 Å². The topological polar surface area (TPSA) is 40.5 Å². The molecule has 0 atom stereocenters. The standard InChI is InChI=1S/C3H8O2.Ca.2H/c4-2-1-3-5;;;/h4-5H,1-3H2;;;/q;+2;2*-1. The molecule has 0 aromatic carbocycles. The molecule has 3 heteroatoms. The summed E-state index contributed by atoms with van der Waals surface area (Å²) in [7, 11) is 0. The van der Waals surface area contributed by atoms with E-state index in [1.54, 1.807) is 0 Å². The van der Waals surface area contributed by atoms with Gasteiger partial charge >= 0.3 is 37.7 Å². The van der Waals surface area contributed by atoms with Gasteiger partial charge < -0.3 is 13.1 Å². The summed E-state index contributed by atoms with van der Waals surface area (Å²) in [5.74, 6) is 0. The first-order valence-electron chi connectivity index (χ1n) is 1.63. The molecule has 2 nitrogen and oxygen atoms in total. The van der Waals surface area contributed by atoms with Crippen LogP contribution < -0.4 is 0 Å². The molecule has 0 saturated heterocycles. The number of hydrogen-bond acceptors (Lipinski definition) is 2. The van der Waals surface area contributed by atoms with Crippen LogP contribution in [0.4, 0.5) is 0 Å². The Balaban J connectivity index is -0.0000000267. The summed E-state index contributed by atoms with van der Waals surface area (Å²) in [5, 5.41) is 15.8. The SMILES string of the molecule is OCCCO.[Ca+2].[H-].[H-]. The van der Waals surface area contributed by atoms with Crippen LogP contribution in [0.15, 0.2) is 0 Å². The van der Waals surface area contributed by atoms with Gasteiger partial charge in [-0.25, -0.2) is 0 Å². The molecule has 0 aromatic heterocycles. The van der Waals surface area contributed by atoms with Crippen molar-refractivity contribution in [2.75, 3.05) is 13.2 Å². The third-order valence-corrected chi connectivity index (χ3v) is 0.316. The van der Waals surface area contributed by atoms with Gasteiger partial charge in [0.05, 0.1) is 0 Å². The van der Waals surface area contributed by atoms with Gasteiger partial charge in [-0.3, -0.25) is 0 Å². The average Bonchev–Trinajstić information content (AvgIpc) is 1.41. The van der Waals surface area contributed by atoms with Crippen LogP contribution in [0.5, 0.6) is 0 Å². The van der Waals surface area contributed by atoms with Crippen LogP contribution in [0.2, 0.25) is 0 Å². The van der Waals surface area contributed by atoms with E-state index in [-0.39, 0.29) is 53.8 Å². The first-order valence-corrected chi connectivity index (χ1v) is 1.63. The van der Waals surface area contributed by atoms with Crippen molar-refractivity contribution in [3.63, 3.8) is 0 Å². The van der Waals surface area contributed by atoms with Crippen molar-refractivity contribution >= 4 is 37.7 Å². The summed E-state index contributed by atoms with van der Waals surface area (Å²) in [6.45, 7) is 0.188. The van der Waals surface area contributed by atoms with Crippen LogP contribution in [-0.2, 0) is 0 Å². The number of aliphatic hydroxyl groups is 2. The molecule has 6 heavy (non-hydrogen) atoms. The van der Waals surface area contributed by atoms with Crippen molar-refractivity contribution in [3.8, 4) is 0 Å². The molecule has 0 unspecified atom stereocenters. The second kappa shape index (κ2) is 9.49. The molecule has 0 rings (SSSR count). The molecule has 0 heterocycles. The normalized spacial score (nSPS) is 7.00. The van der Waals surface area contributed by atoms with Crippen LogP contribution in [0.3, 0.4) is 0 Å². The van der Waals surface area contributed by atoms with Crippen LogP contribution >= 0.6 is 0 Å². The van der Waals surface area contributed by atoms with Crippen molar-refractivity contribution in [2.24, 2.45) is 0 Å². The number of aliphatic hydroxyl groups excluding tert-OH is 2.